The average Bonchev–Trinajstić information content (AvgIpc) is 3.08. The van der Waals surface area contributed by atoms with Crippen molar-refractivity contribution in [2.75, 3.05) is 14.1 Å². The summed E-state index contributed by atoms with van der Waals surface area (Å²) < 4.78 is 0. The number of aromatic amines is 1. The Morgan fingerprint density at radius 3 is 2.35 bits per heavy atom. The van der Waals surface area contributed by atoms with E-state index < -0.39 is 4.92 Å². The monoisotopic (exact) mass is 414 g/mol. The molecule has 0 atom stereocenters. The molecule has 7 heteroatoms. The molecule has 156 valence electrons. The van der Waals surface area contributed by atoms with Crippen LogP contribution in [0.4, 0.5) is 11.4 Å². The molecule has 0 amide bonds. The summed E-state index contributed by atoms with van der Waals surface area (Å²) in [6, 6.07) is 21.6. The third kappa shape index (κ3) is 4.31. The van der Waals surface area contributed by atoms with Gasteiger partial charge in [0, 0.05) is 35.1 Å². The third-order valence-electron chi connectivity index (χ3n) is 4.95. The first-order valence-electron chi connectivity index (χ1n) is 9.79. The molecule has 0 bridgehead atoms. The van der Waals surface area contributed by atoms with Crippen molar-refractivity contribution in [2.24, 2.45) is 4.99 Å². The summed E-state index contributed by atoms with van der Waals surface area (Å²) in [7, 11) is 4.02. The first-order valence-corrected chi connectivity index (χ1v) is 9.79. The van der Waals surface area contributed by atoms with E-state index >= 15 is 0 Å². The Balaban J connectivity index is 1.85. The number of hydrogen-bond acceptors (Lipinski definition) is 5. The third-order valence-corrected chi connectivity index (χ3v) is 4.95. The molecule has 0 saturated heterocycles. The second kappa shape index (κ2) is 8.41. The Morgan fingerprint density at radius 2 is 1.71 bits per heavy atom. The number of hydrogen-bond donors (Lipinski definition) is 2. The normalized spacial score (nSPS) is 11.9. The molecule has 0 fully saturated rings. The first kappa shape index (κ1) is 20.3. The number of H-pyrrole nitrogens is 1. The second-order valence-corrected chi connectivity index (χ2v) is 7.56. The van der Waals surface area contributed by atoms with Crippen molar-refractivity contribution in [1.82, 2.24) is 9.88 Å². The van der Waals surface area contributed by atoms with Crippen LogP contribution in [-0.4, -0.2) is 39.7 Å². The lowest BCUT2D eigenvalue weighted by Gasteiger charge is -2.10. The van der Waals surface area contributed by atoms with Gasteiger partial charge in [0.25, 0.3) is 5.69 Å². The molecule has 0 saturated carbocycles. The summed E-state index contributed by atoms with van der Waals surface area (Å²) in [5, 5.41) is 22.6. The van der Waals surface area contributed by atoms with Crippen molar-refractivity contribution < 1.29 is 10.0 Å². The fourth-order valence-electron chi connectivity index (χ4n) is 3.54. The Bertz CT molecular complexity index is 1260. The highest BCUT2D eigenvalue weighted by atomic mass is 16.6. The molecule has 0 unspecified atom stereocenters. The van der Waals surface area contributed by atoms with Gasteiger partial charge in [0.1, 0.15) is 0 Å². The largest absolute Gasteiger partial charge is 0.494 e. The molecule has 1 aromatic heterocycles. The van der Waals surface area contributed by atoms with Gasteiger partial charge in [-0.15, -0.1) is 0 Å². The lowest BCUT2D eigenvalue weighted by molar-refractivity contribution is -0.384. The number of fused-ring (bicyclic) bond motifs is 1. The zero-order valence-corrected chi connectivity index (χ0v) is 17.2. The number of aromatic nitrogens is 1. The second-order valence-electron chi connectivity index (χ2n) is 7.56. The van der Waals surface area contributed by atoms with Gasteiger partial charge in [-0.05, 0) is 50.0 Å². The van der Waals surface area contributed by atoms with Gasteiger partial charge in [0.15, 0.2) is 5.88 Å². The summed E-state index contributed by atoms with van der Waals surface area (Å²) in [5.41, 5.74) is 4.43. The summed E-state index contributed by atoms with van der Waals surface area (Å²) in [5.74, 6) is 0.00234. The number of para-hydroxylation sites is 1. The predicted molar refractivity (Wildman–Crippen MR) is 122 cm³/mol. The molecule has 7 nitrogen and oxygen atoms in total. The molecule has 3 aromatic carbocycles. The Kier molecular flexibility index (Phi) is 5.51. The van der Waals surface area contributed by atoms with Crippen molar-refractivity contribution in [2.45, 2.75) is 6.54 Å². The lowest BCUT2D eigenvalue weighted by atomic mass is 10.0. The van der Waals surface area contributed by atoms with Crippen molar-refractivity contribution in [3.63, 3.8) is 0 Å². The Morgan fingerprint density at radius 1 is 1.03 bits per heavy atom. The first-order chi connectivity index (χ1) is 14.9. The fourth-order valence-corrected chi connectivity index (χ4v) is 3.54. The topological polar surface area (TPSA) is 94.8 Å². The number of rotatable bonds is 6. The summed E-state index contributed by atoms with van der Waals surface area (Å²) >= 11 is 0. The van der Waals surface area contributed by atoms with Crippen molar-refractivity contribution >= 4 is 28.0 Å². The van der Waals surface area contributed by atoms with Gasteiger partial charge in [-0.1, -0.05) is 30.3 Å². The molecule has 0 radical (unpaired) electrons. The maximum Gasteiger partial charge on any atom is 0.269 e. The lowest BCUT2D eigenvalue weighted by Crippen LogP contribution is -2.10. The summed E-state index contributed by atoms with van der Waals surface area (Å²) in [6.07, 6.45) is 0. The minimum absolute atomic E-state index is 0.000660. The molecule has 0 aliphatic carbocycles. The Labute approximate surface area is 179 Å². The molecule has 1 heterocycles. The zero-order valence-electron chi connectivity index (χ0n) is 17.2. The van der Waals surface area contributed by atoms with Crippen LogP contribution in [-0.2, 0) is 6.54 Å². The van der Waals surface area contributed by atoms with Gasteiger partial charge in [0.05, 0.1) is 21.9 Å². The average molecular weight is 414 g/mol. The van der Waals surface area contributed by atoms with E-state index in [0.717, 1.165) is 28.7 Å². The van der Waals surface area contributed by atoms with Gasteiger partial charge in [-0.2, -0.15) is 0 Å². The molecule has 2 N–H and O–H groups in total. The van der Waals surface area contributed by atoms with Gasteiger partial charge in [-0.3, -0.25) is 10.1 Å². The summed E-state index contributed by atoms with van der Waals surface area (Å²) in [4.78, 5) is 20.5. The minimum Gasteiger partial charge on any atom is -0.494 e. The molecule has 31 heavy (non-hydrogen) atoms. The number of nitrogens with zero attached hydrogens (tertiary/aromatic N) is 3. The standard InChI is InChI=1S/C24H22N4O3/c1-27(2)15-16-7-11-18(12-8-16)25-23(17-9-13-19(14-10-17)28(30)31)22-20-5-3-4-6-21(20)26-24(22)29/h3-14,26,29H,15H2,1-2H3. The van der Waals surface area contributed by atoms with Crippen LogP contribution >= 0.6 is 0 Å². The quantitative estimate of drug-likeness (QED) is 0.263. The van der Waals surface area contributed by atoms with Gasteiger partial charge in [0.2, 0.25) is 0 Å². The molecule has 4 aromatic rings. The van der Waals surface area contributed by atoms with Crippen LogP contribution in [0.3, 0.4) is 0 Å². The van der Waals surface area contributed by atoms with E-state index in [1.807, 2.05) is 62.6 Å². The molecule has 4 rings (SSSR count). The number of aliphatic imine (C=N–C) groups is 1. The van der Waals surface area contributed by atoms with E-state index in [1.54, 1.807) is 12.1 Å². The maximum atomic E-state index is 11.1. The SMILES string of the molecule is CN(C)Cc1ccc(N=C(c2ccc([N+](=O)[O-])cc2)c2c(O)[nH]c3ccccc23)cc1. The van der Waals surface area contributed by atoms with E-state index in [1.165, 1.54) is 12.1 Å². The van der Waals surface area contributed by atoms with Crippen LogP contribution in [0.1, 0.15) is 16.7 Å². The highest BCUT2D eigenvalue weighted by molar-refractivity contribution is 6.21. The van der Waals surface area contributed by atoms with Crippen LogP contribution < -0.4 is 0 Å². The maximum absolute atomic E-state index is 11.1. The number of aromatic hydroxyl groups is 1. The van der Waals surface area contributed by atoms with E-state index in [-0.39, 0.29) is 11.6 Å². The van der Waals surface area contributed by atoms with Crippen LogP contribution in [0.2, 0.25) is 0 Å². The number of nitro benzene ring substituents is 1. The van der Waals surface area contributed by atoms with E-state index in [4.69, 9.17) is 4.99 Å². The number of nitro groups is 1. The molecule has 0 aliphatic heterocycles. The van der Waals surface area contributed by atoms with Gasteiger partial charge < -0.3 is 15.0 Å². The van der Waals surface area contributed by atoms with Gasteiger partial charge >= 0.3 is 0 Å². The molecular formula is C24H22N4O3. The van der Waals surface area contributed by atoms with E-state index in [0.29, 0.717) is 16.8 Å². The highest BCUT2D eigenvalue weighted by Crippen LogP contribution is 2.32. The number of benzene rings is 3. The molecule has 0 aliphatic rings. The predicted octanol–water partition coefficient (Wildman–Crippen LogP) is 5.01. The van der Waals surface area contributed by atoms with Crippen molar-refractivity contribution in [1.29, 1.82) is 0 Å². The number of nitrogens with one attached hydrogen (secondary N) is 1. The van der Waals surface area contributed by atoms with Crippen molar-refractivity contribution in [3.05, 3.63) is 99.6 Å². The minimum atomic E-state index is -0.437. The van der Waals surface area contributed by atoms with Crippen LogP contribution in [0.25, 0.3) is 10.9 Å². The van der Waals surface area contributed by atoms with Crippen LogP contribution in [0.5, 0.6) is 5.88 Å². The van der Waals surface area contributed by atoms with E-state index in [9.17, 15) is 15.2 Å². The fraction of sp³-hybridized carbons (Fsp3) is 0.125. The zero-order chi connectivity index (χ0) is 22.0. The summed E-state index contributed by atoms with van der Waals surface area (Å²) in [6.45, 7) is 0.822. The number of non-ortho nitro benzene ring substituents is 1. The van der Waals surface area contributed by atoms with Crippen LogP contribution in [0.15, 0.2) is 77.8 Å². The van der Waals surface area contributed by atoms with Gasteiger partial charge in [-0.25, -0.2) is 4.99 Å². The highest BCUT2D eigenvalue weighted by Gasteiger charge is 2.19. The molecular weight excluding hydrogens is 392 g/mol. The smallest absolute Gasteiger partial charge is 0.269 e. The van der Waals surface area contributed by atoms with Crippen molar-refractivity contribution in [3.8, 4) is 5.88 Å². The molecule has 0 spiro atoms. The van der Waals surface area contributed by atoms with Crippen LogP contribution in [0, 0.1) is 10.1 Å². The Hall–Kier alpha value is -3.97. The van der Waals surface area contributed by atoms with E-state index in [2.05, 4.69) is 9.88 Å².